The molecule has 3 aromatic carbocycles. The Balaban J connectivity index is 1.66. The number of rotatable bonds is 4. The molecule has 3 aromatic rings. The minimum absolute atomic E-state index is 0.474. The zero-order valence-electron chi connectivity index (χ0n) is 13.2. The summed E-state index contributed by atoms with van der Waals surface area (Å²) in [6, 6.07) is 22.4. The summed E-state index contributed by atoms with van der Waals surface area (Å²) in [5.41, 5.74) is 2.86. The van der Waals surface area contributed by atoms with Crippen LogP contribution >= 0.6 is 23.2 Å². The number of esters is 1. The van der Waals surface area contributed by atoms with Crippen molar-refractivity contribution >= 4 is 35.2 Å². The molecule has 0 bridgehead atoms. The summed E-state index contributed by atoms with van der Waals surface area (Å²) in [6.07, 6.45) is 2.93. The van der Waals surface area contributed by atoms with Crippen molar-refractivity contribution in [3.05, 3.63) is 94.5 Å². The van der Waals surface area contributed by atoms with Gasteiger partial charge >= 0.3 is 5.97 Å². The Morgan fingerprint density at radius 1 is 0.840 bits per heavy atom. The Morgan fingerprint density at radius 2 is 1.52 bits per heavy atom. The van der Waals surface area contributed by atoms with E-state index in [1.807, 2.05) is 42.5 Å². The second kappa shape index (κ2) is 8.02. The molecular formula is C21H14Cl2O2. The van der Waals surface area contributed by atoms with E-state index in [0.29, 0.717) is 21.4 Å². The highest BCUT2D eigenvalue weighted by Gasteiger charge is 2.03. The van der Waals surface area contributed by atoms with Crippen molar-refractivity contribution in [1.82, 2.24) is 0 Å². The average molecular weight is 369 g/mol. The summed E-state index contributed by atoms with van der Waals surface area (Å²) in [4.78, 5) is 11.9. The number of benzene rings is 3. The van der Waals surface area contributed by atoms with Crippen LogP contribution in [-0.4, -0.2) is 5.97 Å². The van der Waals surface area contributed by atoms with E-state index in [9.17, 15) is 4.79 Å². The molecule has 0 unspecified atom stereocenters. The number of hydrogen-bond acceptors (Lipinski definition) is 2. The number of carbonyl (C=O) groups is 1. The Bertz CT molecular complexity index is 901. The molecule has 124 valence electrons. The van der Waals surface area contributed by atoms with Crippen LogP contribution in [0.3, 0.4) is 0 Å². The Kier molecular flexibility index (Phi) is 5.54. The van der Waals surface area contributed by atoms with Crippen molar-refractivity contribution in [3.8, 4) is 16.9 Å². The summed E-state index contributed by atoms with van der Waals surface area (Å²) >= 11 is 11.9. The predicted octanol–water partition coefficient (Wildman–Crippen LogP) is 6.28. The highest BCUT2D eigenvalue weighted by atomic mass is 35.5. The van der Waals surface area contributed by atoms with Gasteiger partial charge in [-0.15, -0.1) is 0 Å². The monoisotopic (exact) mass is 368 g/mol. The molecule has 0 saturated heterocycles. The van der Waals surface area contributed by atoms with Gasteiger partial charge in [-0.05, 0) is 47.0 Å². The minimum Gasteiger partial charge on any atom is -0.423 e. The van der Waals surface area contributed by atoms with Crippen LogP contribution in [0.4, 0.5) is 0 Å². The zero-order valence-corrected chi connectivity index (χ0v) is 14.7. The smallest absolute Gasteiger partial charge is 0.336 e. The quantitative estimate of drug-likeness (QED) is 0.307. The molecular weight excluding hydrogens is 355 g/mol. The van der Waals surface area contributed by atoms with Gasteiger partial charge in [0.2, 0.25) is 0 Å². The van der Waals surface area contributed by atoms with Gasteiger partial charge in [0.05, 0.1) is 0 Å². The Labute approximate surface area is 156 Å². The number of hydrogen-bond donors (Lipinski definition) is 0. The highest BCUT2D eigenvalue weighted by Crippen LogP contribution is 2.23. The third-order valence-corrected chi connectivity index (χ3v) is 4.10. The molecule has 0 saturated carbocycles. The van der Waals surface area contributed by atoms with Crippen LogP contribution in [0.15, 0.2) is 78.9 Å². The second-order valence-corrected chi connectivity index (χ2v) is 6.15. The molecule has 0 aliphatic rings. The van der Waals surface area contributed by atoms with Crippen LogP contribution in [0.1, 0.15) is 5.56 Å². The number of carbonyl (C=O) groups excluding carboxylic acids is 1. The van der Waals surface area contributed by atoms with Crippen molar-refractivity contribution in [1.29, 1.82) is 0 Å². The summed E-state index contributed by atoms with van der Waals surface area (Å²) in [5, 5.41) is 1.02. The van der Waals surface area contributed by atoms with Gasteiger partial charge in [0.15, 0.2) is 0 Å². The van der Waals surface area contributed by atoms with E-state index in [-0.39, 0.29) is 0 Å². The lowest BCUT2D eigenvalue weighted by Crippen LogP contribution is -2.03. The summed E-state index contributed by atoms with van der Waals surface area (Å²) in [6.45, 7) is 0. The number of ether oxygens (including phenoxy) is 1. The molecule has 25 heavy (non-hydrogen) atoms. The van der Waals surface area contributed by atoms with E-state index in [1.165, 1.54) is 6.08 Å². The Hall–Kier alpha value is -2.55. The maximum Gasteiger partial charge on any atom is 0.336 e. The SMILES string of the molecule is O=C(/C=C/c1ccc(Cl)cc1Cl)Oc1ccc(-c2ccccc2)cc1. The van der Waals surface area contributed by atoms with Crippen molar-refractivity contribution in [3.63, 3.8) is 0 Å². The molecule has 0 fully saturated rings. The van der Waals surface area contributed by atoms with Gasteiger partial charge in [-0.25, -0.2) is 4.79 Å². The normalized spacial score (nSPS) is 10.8. The molecule has 0 aliphatic heterocycles. The van der Waals surface area contributed by atoms with Gasteiger partial charge in [-0.3, -0.25) is 0 Å². The summed E-state index contributed by atoms with van der Waals surface area (Å²) in [5.74, 6) is 0.00927. The predicted molar refractivity (Wildman–Crippen MR) is 103 cm³/mol. The van der Waals surface area contributed by atoms with Crippen molar-refractivity contribution < 1.29 is 9.53 Å². The molecule has 0 radical (unpaired) electrons. The van der Waals surface area contributed by atoms with E-state index in [4.69, 9.17) is 27.9 Å². The van der Waals surface area contributed by atoms with Gasteiger partial charge in [-0.1, -0.05) is 71.7 Å². The number of halogens is 2. The zero-order chi connectivity index (χ0) is 17.6. The molecule has 0 aliphatic carbocycles. The molecule has 0 aromatic heterocycles. The first kappa shape index (κ1) is 17.3. The van der Waals surface area contributed by atoms with E-state index >= 15 is 0 Å². The van der Waals surface area contributed by atoms with Gasteiger partial charge in [0.25, 0.3) is 0 Å². The molecule has 0 spiro atoms. The Morgan fingerprint density at radius 3 is 2.20 bits per heavy atom. The second-order valence-electron chi connectivity index (χ2n) is 5.31. The van der Waals surface area contributed by atoms with Crippen LogP contribution in [-0.2, 0) is 4.79 Å². The first-order valence-corrected chi connectivity index (χ1v) is 8.38. The largest absolute Gasteiger partial charge is 0.423 e. The molecule has 2 nitrogen and oxygen atoms in total. The molecule has 0 heterocycles. The lowest BCUT2D eigenvalue weighted by Gasteiger charge is -2.04. The lowest BCUT2D eigenvalue weighted by atomic mass is 10.1. The first-order valence-electron chi connectivity index (χ1n) is 7.62. The van der Waals surface area contributed by atoms with Crippen molar-refractivity contribution in [2.24, 2.45) is 0 Å². The van der Waals surface area contributed by atoms with Gasteiger partial charge < -0.3 is 4.74 Å². The fourth-order valence-corrected chi connectivity index (χ4v) is 2.76. The maximum atomic E-state index is 11.9. The molecule has 0 atom stereocenters. The topological polar surface area (TPSA) is 26.3 Å². The molecule has 3 rings (SSSR count). The fraction of sp³-hybridized carbons (Fsp3) is 0. The van der Waals surface area contributed by atoms with Crippen LogP contribution in [0, 0.1) is 0 Å². The van der Waals surface area contributed by atoms with Crippen LogP contribution in [0.25, 0.3) is 17.2 Å². The van der Waals surface area contributed by atoms with E-state index in [2.05, 4.69) is 0 Å². The van der Waals surface area contributed by atoms with Crippen LogP contribution in [0.2, 0.25) is 10.0 Å². The molecule has 0 amide bonds. The highest BCUT2D eigenvalue weighted by molar-refractivity contribution is 6.35. The van der Waals surface area contributed by atoms with Gasteiger partial charge in [-0.2, -0.15) is 0 Å². The average Bonchev–Trinajstić information content (AvgIpc) is 2.62. The first-order chi connectivity index (χ1) is 12.1. The van der Waals surface area contributed by atoms with Crippen molar-refractivity contribution in [2.75, 3.05) is 0 Å². The van der Waals surface area contributed by atoms with E-state index in [0.717, 1.165) is 11.1 Å². The van der Waals surface area contributed by atoms with Gasteiger partial charge in [0.1, 0.15) is 5.75 Å². The third kappa shape index (κ3) is 4.72. The summed E-state index contributed by atoms with van der Waals surface area (Å²) < 4.78 is 5.30. The third-order valence-electron chi connectivity index (χ3n) is 3.54. The minimum atomic E-state index is -0.474. The van der Waals surface area contributed by atoms with Crippen LogP contribution in [0.5, 0.6) is 5.75 Å². The standard InChI is InChI=1S/C21H14Cl2O2/c22-18-10-6-17(20(23)14-18)9-13-21(24)25-19-11-7-16(8-12-19)15-4-2-1-3-5-15/h1-14H/b13-9+. The summed E-state index contributed by atoms with van der Waals surface area (Å²) in [7, 11) is 0. The lowest BCUT2D eigenvalue weighted by molar-refractivity contribution is -0.128. The molecule has 0 N–H and O–H groups in total. The maximum absolute atomic E-state index is 11.9. The fourth-order valence-electron chi connectivity index (χ4n) is 2.29. The van der Waals surface area contributed by atoms with E-state index in [1.54, 1.807) is 36.4 Å². The van der Waals surface area contributed by atoms with Gasteiger partial charge in [0, 0.05) is 16.1 Å². The molecule has 4 heteroatoms. The van der Waals surface area contributed by atoms with E-state index < -0.39 is 5.97 Å². The van der Waals surface area contributed by atoms with Crippen molar-refractivity contribution in [2.45, 2.75) is 0 Å². The van der Waals surface area contributed by atoms with Crippen LogP contribution < -0.4 is 4.74 Å².